The fourth-order valence-electron chi connectivity index (χ4n) is 4.72. The van der Waals surface area contributed by atoms with Gasteiger partial charge in [-0.25, -0.2) is 8.42 Å². The Labute approximate surface area is 214 Å². The standard InChI is InChI=1S/C25H30N4O7S/c1-15-7-8-17(36-15)24-25(2,14-35-24)13-26-19-20(23(32)22(19)31)27-16-5-4-6-18(21(16)30)37(33,34)29-11-9-28(3)10-12-29/h4-8,24,26-27,30H,9-14H2,1-3H3/t24-,25+/m0/s1. The van der Waals surface area contributed by atoms with Gasteiger partial charge in [0.2, 0.25) is 10.0 Å². The lowest BCUT2D eigenvalue weighted by Crippen LogP contribution is -2.49. The molecule has 37 heavy (non-hydrogen) atoms. The van der Waals surface area contributed by atoms with Crippen LogP contribution in [0.25, 0.3) is 0 Å². The molecule has 0 unspecified atom stereocenters. The van der Waals surface area contributed by atoms with E-state index in [2.05, 4.69) is 10.6 Å². The number of hydrogen-bond acceptors (Lipinski definition) is 10. The van der Waals surface area contributed by atoms with E-state index in [9.17, 15) is 23.1 Å². The van der Waals surface area contributed by atoms with E-state index < -0.39 is 26.6 Å². The van der Waals surface area contributed by atoms with E-state index in [4.69, 9.17) is 9.15 Å². The van der Waals surface area contributed by atoms with Crippen LogP contribution in [0.3, 0.4) is 0 Å². The van der Waals surface area contributed by atoms with Crippen molar-refractivity contribution in [2.24, 2.45) is 5.41 Å². The number of phenols is 1. The second-order valence-electron chi connectivity index (χ2n) is 10.0. The summed E-state index contributed by atoms with van der Waals surface area (Å²) in [5, 5.41) is 16.7. The van der Waals surface area contributed by atoms with Crippen LogP contribution in [-0.4, -0.2) is 69.1 Å². The molecule has 1 aromatic heterocycles. The van der Waals surface area contributed by atoms with Crippen LogP contribution in [0.1, 0.15) is 24.5 Å². The van der Waals surface area contributed by atoms with Gasteiger partial charge < -0.3 is 29.8 Å². The van der Waals surface area contributed by atoms with Gasteiger partial charge in [-0.15, -0.1) is 0 Å². The normalized spacial score (nSPS) is 23.2. The van der Waals surface area contributed by atoms with Crippen LogP contribution in [0.5, 0.6) is 5.75 Å². The number of phenolic OH excluding ortho intramolecular Hbond substituents is 1. The number of rotatable bonds is 8. The average molecular weight is 531 g/mol. The highest BCUT2D eigenvalue weighted by molar-refractivity contribution is 7.89. The predicted molar refractivity (Wildman–Crippen MR) is 138 cm³/mol. The van der Waals surface area contributed by atoms with Gasteiger partial charge in [-0.2, -0.15) is 4.31 Å². The number of hydrogen-bond donors (Lipinski definition) is 3. The Balaban J connectivity index is 1.34. The Morgan fingerprint density at radius 3 is 2.41 bits per heavy atom. The summed E-state index contributed by atoms with van der Waals surface area (Å²) >= 11 is 0. The molecule has 3 heterocycles. The molecule has 2 aliphatic rings. The van der Waals surface area contributed by atoms with E-state index >= 15 is 0 Å². The van der Waals surface area contributed by atoms with Crippen LogP contribution in [0.15, 0.2) is 49.2 Å². The summed E-state index contributed by atoms with van der Waals surface area (Å²) in [6, 6.07) is 7.97. The Morgan fingerprint density at radius 1 is 1.08 bits per heavy atom. The van der Waals surface area contributed by atoms with Crippen LogP contribution in [-0.2, 0) is 14.8 Å². The molecular formula is C25H30N4O7S. The fourth-order valence-corrected chi connectivity index (χ4v) is 6.25. The number of sulfonamides is 1. The minimum atomic E-state index is -3.95. The van der Waals surface area contributed by atoms with Gasteiger partial charge in [-0.1, -0.05) is 13.0 Å². The summed E-state index contributed by atoms with van der Waals surface area (Å²) in [5.74, 6) is 0.958. The third kappa shape index (κ3) is 4.43. The van der Waals surface area contributed by atoms with Gasteiger partial charge in [0.25, 0.3) is 10.9 Å². The Hall–Kier alpha value is -3.19. The van der Waals surface area contributed by atoms with Crippen molar-refractivity contribution in [2.75, 3.05) is 57.0 Å². The topological polar surface area (TPSA) is 141 Å². The zero-order valence-corrected chi connectivity index (χ0v) is 21.7. The zero-order valence-electron chi connectivity index (χ0n) is 20.9. The van der Waals surface area contributed by atoms with E-state index in [1.54, 1.807) is 0 Å². The molecule has 3 aromatic rings. The fraction of sp³-hybridized carbons (Fsp3) is 0.440. The monoisotopic (exact) mass is 530 g/mol. The number of piperazine rings is 1. The first-order valence-electron chi connectivity index (χ1n) is 12.0. The van der Waals surface area contributed by atoms with Crippen molar-refractivity contribution in [3.05, 3.63) is 62.3 Å². The lowest BCUT2D eigenvalue weighted by Gasteiger charge is -2.46. The van der Waals surface area contributed by atoms with E-state index in [-0.39, 0.29) is 33.5 Å². The first kappa shape index (κ1) is 25.5. The van der Waals surface area contributed by atoms with Crippen molar-refractivity contribution in [1.82, 2.24) is 9.21 Å². The number of ether oxygens (including phenoxy) is 1. The minimum Gasteiger partial charge on any atom is -0.504 e. The maximum absolute atomic E-state index is 13.2. The van der Waals surface area contributed by atoms with Crippen LogP contribution in [0, 0.1) is 12.3 Å². The van der Waals surface area contributed by atoms with Crippen molar-refractivity contribution in [3.8, 4) is 5.75 Å². The second-order valence-corrected chi connectivity index (χ2v) is 11.9. The van der Waals surface area contributed by atoms with Gasteiger partial charge in [0.1, 0.15) is 33.9 Å². The van der Waals surface area contributed by atoms with Gasteiger partial charge in [-0.05, 0) is 38.2 Å². The maximum atomic E-state index is 13.2. The van der Waals surface area contributed by atoms with E-state index in [1.165, 1.54) is 22.5 Å². The van der Waals surface area contributed by atoms with Crippen molar-refractivity contribution in [2.45, 2.75) is 24.8 Å². The molecule has 0 amide bonds. The number of aromatic hydroxyl groups is 1. The van der Waals surface area contributed by atoms with Crippen molar-refractivity contribution >= 4 is 27.1 Å². The molecule has 2 saturated heterocycles. The molecule has 0 bridgehead atoms. The quantitative estimate of drug-likeness (QED) is 0.291. The number of benzene rings is 1. The highest BCUT2D eigenvalue weighted by Gasteiger charge is 2.47. The number of nitrogens with one attached hydrogen (secondary N) is 2. The smallest absolute Gasteiger partial charge is 0.253 e. The molecule has 2 aliphatic heterocycles. The summed E-state index contributed by atoms with van der Waals surface area (Å²) < 4.78 is 39.1. The molecule has 198 valence electrons. The molecule has 2 fully saturated rings. The van der Waals surface area contributed by atoms with E-state index in [1.807, 2.05) is 37.9 Å². The van der Waals surface area contributed by atoms with Crippen LogP contribution >= 0.6 is 0 Å². The molecule has 0 radical (unpaired) electrons. The number of furan rings is 1. The van der Waals surface area contributed by atoms with Gasteiger partial charge >= 0.3 is 0 Å². The largest absolute Gasteiger partial charge is 0.504 e. The second kappa shape index (κ2) is 9.28. The van der Waals surface area contributed by atoms with Crippen LogP contribution in [0.2, 0.25) is 0 Å². The number of nitrogens with zero attached hydrogens (tertiary/aromatic N) is 2. The van der Waals surface area contributed by atoms with Crippen LogP contribution in [0.4, 0.5) is 17.1 Å². The predicted octanol–water partition coefficient (Wildman–Crippen LogP) is 1.76. The first-order valence-corrected chi connectivity index (χ1v) is 13.5. The lowest BCUT2D eigenvalue weighted by molar-refractivity contribution is -0.183. The molecule has 2 aromatic carbocycles. The van der Waals surface area contributed by atoms with Gasteiger partial charge in [0, 0.05) is 38.1 Å². The van der Waals surface area contributed by atoms with Crippen molar-refractivity contribution < 1.29 is 22.7 Å². The number of aryl methyl sites for hydroxylation is 1. The SMILES string of the molecule is Cc1ccc([C@@H]2OC[C@@]2(C)CNc2c(Nc3cccc(S(=O)(=O)N4CCN(C)CC4)c3O)c(=O)c2=O)o1. The molecule has 0 saturated carbocycles. The molecule has 12 heteroatoms. The third-order valence-corrected chi connectivity index (χ3v) is 9.08. The van der Waals surface area contributed by atoms with E-state index in [0.29, 0.717) is 45.1 Å². The number of likely N-dealkylation sites (N-methyl/N-ethyl adjacent to an activating group) is 1. The first-order chi connectivity index (χ1) is 17.5. The van der Waals surface area contributed by atoms with Crippen molar-refractivity contribution in [3.63, 3.8) is 0 Å². The average Bonchev–Trinajstić information content (AvgIpc) is 3.28. The molecule has 11 nitrogen and oxygen atoms in total. The molecule has 3 N–H and O–H groups in total. The van der Waals surface area contributed by atoms with Gasteiger partial charge in [0.05, 0.1) is 12.3 Å². The third-order valence-electron chi connectivity index (χ3n) is 7.15. The minimum absolute atomic E-state index is 0.0208. The Morgan fingerprint density at radius 2 is 1.78 bits per heavy atom. The summed E-state index contributed by atoms with van der Waals surface area (Å²) in [7, 11) is -2.03. The maximum Gasteiger partial charge on any atom is 0.253 e. The summed E-state index contributed by atoms with van der Waals surface area (Å²) in [6.07, 6.45) is -0.294. The molecule has 2 atom stereocenters. The van der Waals surface area contributed by atoms with Crippen LogP contribution < -0.4 is 21.5 Å². The highest BCUT2D eigenvalue weighted by atomic mass is 32.2. The zero-order chi connectivity index (χ0) is 26.5. The molecule has 0 aliphatic carbocycles. The van der Waals surface area contributed by atoms with Crippen molar-refractivity contribution in [1.29, 1.82) is 0 Å². The highest BCUT2D eigenvalue weighted by Crippen LogP contribution is 2.47. The van der Waals surface area contributed by atoms with E-state index in [0.717, 1.165) is 5.76 Å². The summed E-state index contributed by atoms with van der Waals surface area (Å²) in [5.41, 5.74) is -1.73. The Bertz CT molecular complexity index is 1500. The van der Waals surface area contributed by atoms with Gasteiger partial charge in [0.15, 0.2) is 5.75 Å². The molecule has 0 spiro atoms. The summed E-state index contributed by atoms with van der Waals surface area (Å²) in [4.78, 5) is 26.5. The Kier molecular flexibility index (Phi) is 6.39. The lowest BCUT2D eigenvalue weighted by atomic mass is 9.78. The summed E-state index contributed by atoms with van der Waals surface area (Å²) in [6.45, 7) is 6.40. The molecular weight excluding hydrogens is 500 g/mol. The van der Waals surface area contributed by atoms with Gasteiger partial charge in [-0.3, -0.25) is 9.59 Å². The molecule has 5 rings (SSSR count). The number of anilines is 3. The number of para-hydroxylation sites is 1.